The number of rotatable bonds is 7. The minimum Gasteiger partial charge on any atom is -0.497 e. The van der Waals surface area contributed by atoms with E-state index in [4.69, 9.17) is 4.74 Å². The van der Waals surface area contributed by atoms with Crippen molar-refractivity contribution in [1.29, 1.82) is 0 Å². The van der Waals surface area contributed by atoms with E-state index in [0.717, 1.165) is 40.1 Å². The average molecular weight is 387 g/mol. The van der Waals surface area contributed by atoms with E-state index in [0.29, 0.717) is 11.8 Å². The first-order chi connectivity index (χ1) is 12.7. The third-order valence-electron chi connectivity index (χ3n) is 4.02. The largest absolute Gasteiger partial charge is 0.497 e. The molecule has 3 aromatic rings. The monoisotopic (exact) mass is 386 g/mol. The molecule has 0 spiro atoms. The molecule has 0 unspecified atom stereocenters. The number of hydrogen-bond acceptors (Lipinski definition) is 6. The maximum absolute atomic E-state index is 12.3. The predicted molar refractivity (Wildman–Crippen MR) is 104 cm³/mol. The number of aromatic nitrogens is 3. The van der Waals surface area contributed by atoms with Gasteiger partial charge < -0.3 is 10.1 Å². The lowest BCUT2D eigenvalue weighted by Crippen LogP contribution is -2.14. The van der Waals surface area contributed by atoms with E-state index in [-0.39, 0.29) is 5.91 Å². The summed E-state index contributed by atoms with van der Waals surface area (Å²) < 4.78 is 7.30. The number of benzene rings is 1. The van der Waals surface area contributed by atoms with Gasteiger partial charge in [-0.1, -0.05) is 17.8 Å². The second kappa shape index (κ2) is 7.51. The van der Waals surface area contributed by atoms with Crippen LogP contribution in [0.2, 0.25) is 0 Å². The van der Waals surface area contributed by atoms with Crippen LogP contribution in [0, 0.1) is 0 Å². The van der Waals surface area contributed by atoms with Crippen molar-refractivity contribution < 1.29 is 9.53 Å². The van der Waals surface area contributed by atoms with Crippen LogP contribution in [0.25, 0.3) is 10.7 Å². The highest BCUT2D eigenvalue weighted by Crippen LogP contribution is 2.41. The Balaban J connectivity index is 1.42. The SMILES string of the molecule is COc1ccc(NC(=O)CSc2nnc(-c3cccs3)n2C2CC2)cc1. The topological polar surface area (TPSA) is 69.0 Å². The normalized spacial score (nSPS) is 13.6. The third kappa shape index (κ3) is 3.76. The first kappa shape index (κ1) is 17.1. The van der Waals surface area contributed by atoms with Crippen molar-refractivity contribution in [2.75, 3.05) is 18.2 Å². The number of ether oxygens (including phenoxy) is 1. The average Bonchev–Trinajstić information content (AvgIpc) is 3.18. The molecule has 1 N–H and O–H groups in total. The minimum absolute atomic E-state index is 0.0665. The molecule has 1 fully saturated rings. The number of thiophene rings is 1. The van der Waals surface area contributed by atoms with Crippen LogP contribution < -0.4 is 10.1 Å². The number of thioether (sulfide) groups is 1. The van der Waals surface area contributed by atoms with Crippen LogP contribution in [0.4, 0.5) is 5.69 Å². The van der Waals surface area contributed by atoms with Gasteiger partial charge in [0.05, 0.1) is 17.7 Å². The fraction of sp³-hybridized carbons (Fsp3) is 0.278. The van der Waals surface area contributed by atoms with E-state index in [1.54, 1.807) is 18.4 Å². The summed E-state index contributed by atoms with van der Waals surface area (Å²) in [6.45, 7) is 0. The number of carbonyl (C=O) groups is 1. The Hall–Kier alpha value is -2.32. The number of methoxy groups -OCH3 is 1. The van der Waals surface area contributed by atoms with Crippen LogP contribution in [-0.2, 0) is 4.79 Å². The number of nitrogens with one attached hydrogen (secondary N) is 1. The highest BCUT2D eigenvalue weighted by molar-refractivity contribution is 7.99. The van der Waals surface area contributed by atoms with Gasteiger partial charge >= 0.3 is 0 Å². The molecule has 0 saturated heterocycles. The standard InChI is InChI=1S/C18H18N4O2S2/c1-24-14-8-4-12(5-9-14)19-16(23)11-26-18-21-20-17(15-3-2-10-25-15)22(18)13-6-7-13/h2-5,8-10,13H,6-7,11H2,1H3,(H,19,23). The van der Waals surface area contributed by atoms with Crippen molar-refractivity contribution in [2.24, 2.45) is 0 Å². The molecule has 0 atom stereocenters. The van der Waals surface area contributed by atoms with Crippen LogP contribution in [0.1, 0.15) is 18.9 Å². The molecule has 1 aliphatic rings. The molecule has 1 amide bonds. The van der Waals surface area contributed by atoms with Gasteiger partial charge in [-0.25, -0.2) is 0 Å². The van der Waals surface area contributed by atoms with E-state index in [9.17, 15) is 4.79 Å². The Kier molecular flexibility index (Phi) is 4.94. The van der Waals surface area contributed by atoms with Gasteiger partial charge in [-0.05, 0) is 48.6 Å². The van der Waals surface area contributed by atoms with Crippen molar-refractivity contribution in [1.82, 2.24) is 14.8 Å². The Morgan fingerprint density at radius 1 is 1.31 bits per heavy atom. The summed E-state index contributed by atoms with van der Waals surface area (Å²) >= 11 is 3.08. The molecule has 1 saturated carbocycles. The van der Waals surface area contributed by atoms with Gasteiger partial charge in [0.25, 0.3) is 0 Å². The van der Waals surface area contributed by atoms with Crippen molar-refractivity contribution >= 4 is 34.7 Å². The fourth-order valence-corrected chi connectivity index (χ4v) is 4.12. The van der Waals surface area contributed by atoms with Gasteiger partial charge in [0.1, 0.15) is 5.75 Å². The molecule has 2 aromatic heterocycles. The van der Waals surface area contributed by atoms with E-state index >= 15 is 0 Å². The van der Waals surface area contributed by atoms with Crippen molar-refractivity contribution in [3.8, 4) is 16.5 Å². The molecule has 134 valence electrons. The Morgan fingerprint density at radius 3 is 2.77 bits per heavy atom. The van der Waals surface area contributed by atoms with Gasteiger partial charge in [0.15, 0.2) is 11.0 Å². The van der Waals surface area contributed by atoms with Gasteiger partial charge in [-0.2, -0.15) is 0 Å². The third-order valence-corrected chi connectivity index (χ3v) is 5.83. The van der Waals surface area contributed by atoms with Crippen LogP contribution in [0.3, 0.4) is 0 Å². The Bertz CT molecular complexity index is 887. The Labute approximate surface area is 159 Å². The summed E-state index contributed by atoms with van der Waals surface area (Å²) in [5, 5.41) is 14.4. The first-order valence-electron chi connectivity index (χ1n) is 8.30. The lowest BCUT2D eigenvalue weighted by atomic mass is 10.3. The van der Waals surface area contributed by atoms with Crippen molar-refractivity contribution in [2.45, 2.75) is 24.0 Å². The van der Waals surface area contributed by atoms with Crippen LogP contribution in [-0.4, -0.2) is 33.5 Å². The highest BCUT2D eigenvalue weighted by Gasteiger charge is 2.30. The first-order valence-corrected chi connectivity index (χ1v) is 10.2. The number of nitrogens with zero attached hydrogens (tertiary/aromatic N) is 3. The summed E-state index contributed by atoms with van der Waals surface area (Å²) in [7, 11) is 1.62. The molecular formula is C18H18N4O2S2. The Morgan fingerprint density at radius 2 is 2.12 bits per heavy atom. The summed E-state index contributed by atoms with van der Waals surface area (Å²) in [5.74, 6) is 1.89. The summed E-state index contributed by atoms with van der Waals surface area (Å²) in [4.78, 5) is 13.4. The molecule has 0 bridgehead atoms. The maximum atomic E-state index is 12.3. The fourth-order valence-electron chi connectivity index (χ4n) is 2.61. The summed E-state index contributed by atoms with van der Waals surface area (Å²) in [6.07, 6.45) is 2.28. The number of anilines is 1. The zero-order chi connectivity index (χ0) is 17.9. The highest BCUT2D eigenvalue weighted by atomic mass is 32.2. The van der Waals surface area contributed by atoms with Crippen LogP contribution in [0.15, 0.2) is 46.9 Å². The molecule has 4 rings (SSSR count). The second-order valence-electron chi connectivity index (χ2n) is 5.95. The molecular weight excluding hydrogens is 368 g/mol. The molecule has 8 heteroatoms. The van der Waals surface area contributed by atoms with E-state index < -0.39 is 0 Å². The molecule has 1 aromatic carbocycles. The number of amides is 1. The lowest BCUT2D eigenvalue weighted by Gasteiger charge is -2.08. The molecule has 2 heterocycles. The number of carbonyl (C=O) groups excluding carboxylic acids is 1. The summed E-state index contributed by atoms with van der Waals surface area (Å²) in [5.41, 5.74) is 0.749. The van der Waals surface area contributed by atoms with Crippen LogP contribution in [0.5, 0.6) is 5.75 Å². The van der Waals surface area contributed by atoms with E-state index in [2.05, 4.69) is 26.1 Å². The molecule has 0 aliphatic heterocycles. The van der Waals surface area contributed by atoms with E-state index in [1.165, 1.54) is 11.8 Å². The van der Waals surface area contributed by atoms with Crippen molar-refractivity contribution in [3.63, 3.8) is 0 Å². The van der Waals surface area contributed by atoms with Gasteiger partial charge in [0, 0.05) is 11.7 Å². The van der Waals surface area contributed by atoms with E-state index in [1.807, 2.05) is 35.7 Å². The predicted octanol–water partition coefficient (Wildman–Crippen LogP) is 4.08. The molecule has 0 radical (unpaired) electrons. The zero-order valence-corrected chi connectivity index (χ0v) is 15.8. The molecule has 1 aliphatic carbocycles. The quantitative estimate of drug-likeness (QED) is 0.620. The smallest absolute Gasteiger partial charge is 0.234 e. The van der Waals surface area contributed by atoms with Crippen molar-refractivity contribution in [3.05, 3.63) is 41.8 Å². The van der Waals surface area contributed by atoms with Crippen LogP contribution >= 0.6 is 23.1 Å². The summed E-state index contributed by atoms with van der Waals surface area (Å²) in [6, 6.07) is 11.8. The second-order valence-corrected chi connectivity index (χ2v) is 7.84. The van der Waals surface area contributed by atoms with Gasteiger partial charge in [-0.15, -0.1) is 21.5 Å². The minimum atomic E-state index is -0.0665. The molecule has 26 heavy (non-hydrogen) atoms. The number of hydrogen-bond donors (Lipinski definition) is 1. The maximum Gasteiger partial charge on any atom is 0.234 e. The zero-order valence-electron chi connectivity index (χ0n) is 14.2. The molecule has 6 nitrogen and oxygen atoms in total. The lowest BCUT2D eigenvalue weighted by molar-refractivity contribution is -0.113. The van der Waals surface area contributed by atoms with Gasteiger partial charge in [-0.3, -0.25) is 9.36 Å². The van der Waals surface area contributed by atoms with Gasteiger partial charge in [0.2, 0.25) is 5.91 Å².